The molecular formula is C13H18N2O4. The van der Waals surface area contributed by atoms with Gasteiger partial charge in [0.25, 0.3) is 5.56 Å². The van der Waals surface area contributed by atoms with E-state index in [9.17, 15) is 14.4 Å². The zero-order valence-corrected chi connectivity index (χ0v) is 10.9. The number of nitrogens with zero attached hydrogens (tertiary/aromatic N) is 1. The van der Waals surface area contributed by atoms with Gasteiger partial charge in [-0.05, 0) is 19.4 Å². The molecule has 0 saturated carbocycles. The van der Waals surface area contributed by atoms with Crippen LogP contribution in [0.25, 0.3) is 0 Å². The summed E-state index contributed by atoms with van der Waals surface area (Å²) in [5.41, 5.74) is 0.547. The summed E-state index contributed by atoms with van der Waals surface area (Å²) in [4.78, 5) is 33.4. The van der Waals surface area contributed by atoms with Crippen molar-refractivity contribution in [3.63, 3.8) is 0 Å². The lowest BCUT2D eigenvalue weighted by Crippen LogP contribution is -2.28. The molecule has 0 bridgehead atoms. The molecule has 19 heavy (non-hydrogen) atoms. The summed E-state index contributed by atoms with van der Waals surface area (Å²) in [6.45, 7) is 2.39. The molecule has 2 N–H and O–H groups in total. The van der Waals surface area contributed by atoms with Gasteiger partial charge < -0.3 is 15.0 Å². The van der Waals surface area contributed by atoms with Crippen LogP contribution in [0.5, 0.6) is 0 Å². The molecule has 0 fully saturated rings. The number of amides is 1. The summed E-state index contributed by atoms with van der Waals surface area (Å²) >= 11 is 0. The van der Waals surface area contributed by atoms with Gasteiger partial charge in [-0.2, -0.15) is 0 Å². The lowest BCUT2D eigenvalue weighted by atomic mass is 10.3. The molecule has 1 heterocycles. The number of nitrogens with one attached hydrogen (secondary N) is 1. The molecular weight excluding hydrogens is 248 g/mol. The van der Waals surface area contributed by atoms with Crippen LogP contribution in [0.4, 0.5) is 0 Å². The van der Waals surface area contributed by atoms with Gasteiger partial charge in [0.1, 0.15) is 0 Å². The lowest BCUT2D eigenvalue weighted by molar-refractivity contribution is -0.137. The summed E-state index contributed by atoms with van der Waals surface area (Å²) < 4.78 is 1.49. The summed E-state index contributed by atoms with van der Waals surface area (Å²) in [5, 5.41) is 11.1. The maximum absolute atomic E-state index is 11.7. The second-order valence-electron chi connectivity index (χ2n) is 4.29. The number of hydrogen-bond donors (Lipinski definition) is 2. The van der Waals surface area contributed by atoms with Gasteiger partial charge in [0.2, 0.25) is 5.91 Å². The molecule has 0 aliphatic heterocycles. The second-order valence-corrected chi connectivity index (χ2v) is 4.29. The molecule has 0 radical (unpaired) electrons. The second kappa shape index (κ2) is 7.35. The highest BCUT2D eigenvalue weighted by Gasteiger charge is 2.04. The minimum Gasteiger partial charge on any atom is -0.481 e. The van der Waals surface area contributed by atoms with Crippen LogP contribution in [0.1, 0.15) is 24.8 Å². The first-order chi connectivity index (χ1) is 9.00. The van der Waals surface area contributed by atoms with Crippen LogP contribution in [0.15, 0.2) is 23.1 Å². The molecule has 1 aromatic heterocycles. The topological polar surface area (TPSA) is 88.4 Å². The minimum absolute atomic E-state index is 0.0393. The Morgan fingerprint density at radius 3 is 2.79 bits per heavy atom. The maximum Gasteiger partial charge on any atom is 0.303 e. The average molecular weight is 266 g/mol. The molecule has 1 aromatic rings. The molecule has 0 aliphatic rings. The molecule has 0 unspecified atom stereocenters. The van der Waals surface area contributed by atoms with Crippen molar-refractivity contribution in [3.8, 4) is 0 Å². The number of rotatable bonds is 7. The van der Waals surface area contributed by atoms with E-state index >= 15 is 0 Å². The molecule has 1 amide bonds. The van der Waals surface area contributed by atoms with Gasteiger partial charge in [0.05, 0.1) is 0 Å². The Bertz CT molecular complexity index is 508. The first-order valence-corrected chi connectivity index (χ1v) is 6.15. The van der Waals surface area contributed by atoms with Gasteiger partial charge in [0, 0.05) is 37.7 Å². The Labute approximate surface area is 111 Å². The molecule has 0 saturated heterocycles. The number of aryl methyl sites for hydroxylation is 2. The maximum atomic E-state index is 11.7. The van der Waals surface area contributed by atoms with Crippen molar-refractivity contribution >= 4 is 11.9 Å². The van der Waals surface area contributed by atoms with Crippen LogP contribution in [0, 0.1) is 6.92 Å². The van der Waals surface area contributed by atoms with Crippen LogP contribution < -0.4 is 10.9 Å². The number of hydrogen-bond acceptors (Lipinski definition) is 3. The Balaban J connectivity index is 2.32. The van der Waals surface area contributed by atoms with Crippen molar-refractivity contribution in [2.75, 3.05) is 6.54 Å². The third-order valence-corrected chi connectivity index (χ3v) is 2.68. The van der Waals surface area contributed by atoms with Crippen molar-refractivity contribution < 1.29 is 14.7 Å². The first kappa shape index (κ1) is 14.9. The third kappa shape index (κ3) is 5.37. The van der Waals surface area contributed by atoms with Gasteiger partial charge in [0.15, 0.2) is 0 Å². The predicted octanol–water partition coefficient (Wildman–Crippen LogP) is 0.528. The van der Waals surface area contributed by atoms with E-state index in [0.717, 1.165) is 0 Å². The Kier molecular flexibility index (Phi) is 5.78. The highest BCUT2D eigenvalue weighted by Crippen LogP contribution is 1.92. The molecule has 0 atom stereocenters. The van der Waals surface area contributed by atoms with Crippen LogP contribution in [-0.2, 0) is 16.1 Å². The summed E-state index contributed by atoms with van der Waals surface area (Å²) in [7, 11) is 0. The van der Waals surface area contributed by atoms with Crippen molar-refractivity contribution in [3.05, 3.63) is 34.2 Å². The Hall–Kier alpha value is -2.11. The fourth-order valence-corrected chi connectivity index (χ4v) is 1.61. The molecule has 0 spiro atoms. The van der Waals surface area contributed by atoms with E-state index in [-0.39, 0.29) is 24.3 Å². The van der Waals surface area contributed by atoms with Crippen LogP contribution in [0.3, 0.4) is 0 Å². The average Bonchev–Trinajstić information content (AvgIpc) is 2.36. The van der Waals surface area contributed by atoms with Crippen LogP contribution in [0.2, 0.25) is 0 Å². The molecule has 1 rings (SSSR count). The predicted molar refractivity (Wildman–Crippen MR) is 69.9 cm³/mol. The fourth-order valence-electron chi connectivity index (χ4n) is 1.61. The van der Waals surface area contributed by atoms with E-state index in [1.807, 2.05) is 0 Å². The van der Waals surface area contributed by atoms with E-state index in [2.05, 4.69) is 5.32 Å². The normalized spacial score (nSPS) is 10.2. The largest absolute Gasteiger partial charge is 0.481 e. The third-order valence-electron chi connectivity index (χ3n) is 2.68. The number of aromatic nitrogens is 1. The molecule has 0 aromatic carbocycles. The number of carboxylic acid groups (broad SMARTS) is 1. The van der Waals surface area contributed by atoms with Crippen LogP contribution in [-0.4, -0.2) is 28.1 Å². The first-order valence-electron chi connectivity index (χ1n) is 6.15. The zero-order valence-electron chi connectivity index (χ0n) is 10.9. The van der Waals surface area contributed by atoms with E-state index in [4.69, 9.17) is 5.11 Å². The van der Waals surface area contributed by atoms with Crippen molar-refractivity contribution in [2.45, 2.75) is 32.7 Å². The van der Waals surface area contributed by atoms with E-state index in [1.165, 1.54) is 4.57 Å². The fraction of sp³-hybridized carbons (Fsp3) is 0.462. The lowest BCUT2D eigenvalue weighted by Gasteiger charge is -2.07. The van der Waals surface area contributed by atoms with Crippen LogP contribution >= 0.6 is 0 Å². The summed E-state index contributed by atoms with van der Waals surface area (Å²) in [5.74, 6) is -1.06. The molecule has 6 heteroatoms. The monoisotopic (exact) mass is 266 g/mol. The van der Waals surface area contributed by atoms with E-state index in [1.54, 1.807) is 25.3 Å². The van der Waals surface area contributed by atoms with E-state index < -0.39 is 5.97 Å². The summed E-state index contributed by atoms with van der Waals surface area (Å²) in [6, 6.07) is 3.49. The van der Waals surface area contributed by atoms with Gasteiger partial charge in [-0.15, -0.1) is 0 Å². The summed E-state index contributed by atoms with van der Waals surface area (Å²) in [6.07, 6.45) is 2.30. The van der Waals surface area contributed by atoms with Gasteiger partial charge in [-0.25, -0.2) is 0 Å². The SMILES string of the molecule is Cc1cccn(CCC(=O)NCCCC(=O)O)c1=O. The Morgan fingerprint density at radius 1 is 1.37 bits per heavy atom. The van der Waals surface area contributed by atoms with Crippen molar-refractivity contribution in [1.29, 1.82) is 0 Å². The quantitative estimate of drug-likeness (QED) is 0.704. The van der Waals surface area contributed by atoms with E-state index in [0.29, 0.717) is 25.1 Å². The molecule has 6 nitrogen and oxygen atoms in total. The molecule has 0 aliphatic carbocycles. The zero-order chi connectivity index (χ0) is 14.3. The van der Waals surface area contributed by atoms with Gasteiger partial charge in [-0.3, -0.25) is 14.4 Å². The van der Waals surface area contributed by atoms with Crippen molar-refractivity contribution in [2.24, 2.45) is 0 Å². The van der Waals surface area contributed by atoms with Gasteiger partial charge in [-0.1, -0.05) is 6.07 Å². The number of pyridine rings is 1. The number of carboxylic acids is 1. The number of carbonyl (C=O) groups excluding carboxylic acids is 1. The smallest absolute Gasteiger partial charge is 0.303 e. The Morgan fingerprint density at radius 2 is 2.11 bits per heavy atom. The number of aliphatic carboxylic acids is 1. The molecule has 104 valence electrons. The van der Waals surface area contributed by atoms with Gasteiger partial charge >= 0.3 is 5.97 Å². The highest BCUT2D eigenvalue weighted by atomic mass is 16.4. The standard InChI is InChI=1S/C13H18N2O4/c1-10-4-3-8-15(13(10)19)9-6-11(16)14-7-2-5-12(17)18/h3-4,8H,2,5-7,9H2,1H3,(H,14,16)(H,17,18). The van der Waals surface area contributed by atoms with Crippen molar-refractivity contribution in [1.82, 2.24) is 9.88 Å². The number of carbonyl (C=O) groups is 2. The highest BCUT2D eigenvalue weighted by molar-refractivity contribution is 5.75. The minimum atomic E-state index is -0.874.